The van der Waals surface area contributed by atoms with Crippen LogP contribution in [0.1, 0.15) is 39.0 Å². The summed E-state index contributed by atoms with van der Waals surface area (Å²) >= 11 is 0. The van der Waals surface area contributed by atoms with Gasteiger partial charge in [-0.2, -0.15) is 0 Å². The van der Waals surface area contributed by atoms with Crippen molar-refractivity contribution in [1.82, 2.24) is 15.1 Å². The lowest BCUT2D eigenvalue weighted by Crippen LogP contribution is -2.50. The molecule has 0 amide bonds. The molecule has 1 aliphatic heterocycles. The molecule has 2 fully saturated rings. The van der Waals surface area contributed by atoms with Crippen LogP contribution in [-0.4, -0.2) is 88.0 Å². The number of hydrogen-bond acceptors (Lipinski definition) is 4. The first-order valence-electron chi connectivity index (χ1n) is 9.43. The van der Waals surface area contributed by atoms with Crippen molar-refractivity contribution in [2.75, 3.05) is 54.1 Å². The van der Waals surface area contributed by atoms with Crippen molar-refractivity contribution < 1.29 is 9.47 Å². The van der Waals surface area contributed by atoms with E-state index < -0.39 is 0 Å². The summed E-state index contributed by atoms with van der Waals surface area (Å²) in [5.41, 5.74) is 0. The normalized spacial score (nSPS) is 20.5. The number of halogens is 1. The topological polar surface area (TPSA) is 49.3 Å². The monoisotopic (exact) mass is 468 g/mol. The highest BCUT2D eigenvalue weighted by molar-refractivity contribution is 14.0. The van der Waals surface area contributed by atoms with Gasteiger partial charge >= 0.3 is 0 Å². The van der Waals surface area contributed by atoms with Gasteiger partial charge in [0.05, 0.1) is 6.10 Å². The van der Waals surface area contributed by atoms with Gasteiger partial charge in [0.1, 0.15) is 0 Å². The minimum absolute atomic E-state index is 0. The van der Waals surface area contributed by atoms with E-state index in [-0.39, 0.29) is 24.0 Å². The van der Waals surface area contributed by atoms with E-state index in [4.69, 9.17) is 9.47 Å². The molecule has 0 radical (unpaired) electrons. The lowest BCUT2D eigenvalue weighted by molar-refractivity contribution is 0.00986. The van der Waals surface area contributed by atoms with Crippen molar-refractivity contribution in [2.45, 2.75) is 57.2 Å². The first-order chi connectivity index (χ1) is 11.7. The number of ether oxygens (including phenoxy) is 2. The van der Waals surface area contributed by atoms with Gasteiger partial charge in [-0.3, -0.25) is 9.89 Å². The van der Waals surface area contributed by atoms with Crippen molar-refractivity contribution in [3.63, 3.8) is 0 Å². The maximum Gasteiger partial charge on any atom is 0.193 e. The lowest BCUT2D eigenvalue weighted by Gasteiger charge is -2.35. The SMILES string of the molecule is CN=C(NCC(C)N(C)C1CC1)N1CCC(OCCCOC)CC1.I. The zero-order chi connectivity index (χ0) is 17.4. The zero-order valence-corrected chi connectivity index (χ0v) is 18.7. The molecule has 1 N–H and O–H groups in total. The molecular formula is C18H37IN4O2. The van der Waals surface area contributed by atoms with Gasteiger partial charge in [-0.25, -0.2) is 0 Å². The number of piperidine rings is 1. The second kappa shape index (κ2) is 12.3. The highest BCUT2D eigenvalue weighted by atomic mass is 127. The van der Waals surface area contributed by atoms with E-state index in [2.05, 4.69) is 34.1 Å². The molecule has 1 unspecified atom stereocenters. The van der Waals surface area contributed by atoms with E-state index in [0.717, 1.165) is 64.1 Å². The van der Waals surface area contributed by atoms with Crippen LogP contribution in [0.5, 0.6) is 0 Å². The Balaban J connectivity index is 0.00000312. The van der Waals surface area contributed by atoms with Crippen molar-refractivity contribution >= 4 is 29.9 Å². The summed E-state index contributed by atoms with van der Waals surface area (Å²) in [7, 11) is 5.85. The minimum atomic E-state index is 0. The first kappa shape index (κ1) is 22.9. The molecule has 25 heavy (non-hydrogen) atoms. The van der Waals surface area contributed by atoms with E-state index in [1.165, 1.54) is 12.8 Å². The first-order valence-corrected chi connectivity index (χ1v) is 9.43. The average Bonchev–Trinajstić information content (AvgIpc) is 3.44. The van der Waals surface area contributed by atoms with Gasteiger partial charge in [-0.15, -0.1) is 24.0 Å². The molecule has 1 saturated carbocycles. The molecule has 1 saturated heterocycles. The minimum Gasteiger partial charge on any atom is -0.385 e. The summed E-state index contributed by atoms with van der Waals surface area (Å²) < 4.78 is 11.0. The standard InChI is InChI=1S/C18H36N4O2.HI/c1-15(21(3)16-6-7-16)14-20-18(19-2)22-10-8-17(9-11-22)24-13-5-12-23-4;/h15-17H,5-14H2,1-4H3,(H,19,20);1H. The third-order valence-electron chi connectivity index (χ3n) is 5.17. The van der Waals surface area contributed by atoms with Crippen molar-refractivity contribution in [3.8, 4) is 0 Å². The number of methoxy groups -OCH3 is 1. The fourth-order valence-electron chi connectivity index (χ4n) is 3.24. The molecule has 0 aromatic heterocycles. The van der Waals surface area contributed by atoms with Gasteiger partial charge in [0.25, 0.3) is 0 Å². The molecule has 148 valence electrons. The highest BCUT2D eigenvalue weighted by Gasteiger charge is 2.29. The Labute approximate surface area is 170 Å². The van der Waals surface area contributed by atoms with Crippen LogP contribution in [0.3, 0.4) is 0 Å². The van der Waals surface area contributed by atoms with E-state index in [9.17, 15) is 0 Å². The summed E-state index contributed by atoms with van der Waals surface area (Å²) in [6, 6.07) is 1.34. The summed E-state index contributed by atoms with van der Waals surface area (Å²) in [6.45, 7) is 6.86. The van der Waals surface area contributed by atoms with Crippen LogP contribution >= 0.6 is 24.0 Å². The van der Waals surface area contributed by atoms with Gasteiger partial charge in [-0.05, 0) is 46.1 Å². The summed E-state index contributed by atoms with van der Waals surface area (Å²) in [5.74, 6) is 1.03. The Morgan fingerprint density at radius 3 is 2.48 bits per heavy atom. The van der Waals surface area contributed by atoms with Gasteiger partial charge < -0.3 is 19.7 Å². The maximum atomic E-state index is 5.94. The van der Waals surface area contributed by atoms with Gasteiger partial charge in [0.15, 0.2) is 5.96 Å². The molecular weight excluding hydrogens is 431 g/mol. The molecule has 2 rings (SSSR count). The van der Waals surface area contributed by atoms with Crippen LogP contribution in [0.4, 0.5) is 0 Å². The summed E-state index contributed by atoms with van der Waals surface area (Å²) in [6.07, 6.45) is 6.22. The van der Waals surface area contributed by atoms with Crippen LogP contribution in [0.25, 0.3) is 0 Å². The van der Waals surface area contributed by atoms with Crippen LogP contribution in [0, 0.1) is 0 Å². The smallest absolute Gasteiger partial charge is 0.193 e. The molecule has 1 aliphatic carbocycles. The van der Waals surface area contributed by atoms with Gasteiger partial charge in [0.2, 0.25) is 0 Å². The van der Waals surface area contributed by atoms with Crippen LogP contribution < -0.4 is 5.32 Å². The van der Waals surface area contributed by atoms with E-state index >= 15 is 0 Å². The number of nitrogens with one attached hydrogen (secondary N) is 1. The molecule has 0 spiro atoms. The molecule has 7 heteroatoms. The van der Waals surface area contributed by atoms with Crippen molar-refractivity contribution in [3.05, 3.63) is 0 Å². The Bertz CT molecular complexity index is 385. The molecule has 0 bridgehead atoms. The summed E-state index contributed by atoms with van der Waals surface area (Å²) in [4.78, 5) is 9.32. The molecule has 0 aromatic carbocycles. The van der Waals surface area contributed by atoms with Crippen LogP contribution in [-0.2, 0) is 9.47 Å². The molecule has 1 heterocycles. The quantitative estimate of drug-likeness (QED) is 0.243. The van der Waals surface area contributed by atoms with Crippen molar-refractivity contribution in [2.24, 2.45) is 4.99 Å². The van der Waals surface area contributed by atoms with E-state index in [0.29, 0.717) is 12.1 Å². The number of likely N-dealkylation sites (tertiary alicyclic amines) is 1. The highest BCUT2D eigenvalue weighted by Crippen LogP contribution is 2.26. The Morgan fingerprint density at radius 1 is 1.24 bits per heavy atom. The summed E-state index contributed by atoms with van der Waals surface area (Å²) in [5, 5.41) is 3.55. The predicted molar refractivity (Wildman–Crippen MR) is 114 cm³/mol. The molecule has 2 aliphatic rings. The second-order valence-electron chi connectivity index (χ2n) is 7.08. The Morgan fingerprint density at radius 2 is 1.92 bits per heavy atom. The fraction of sp³-hybridized carbons (Fsp3) is 0.944. The molecule has 0 aromatic rings. The number of guanidine groups is 1. The number of aliphatic imine (C=N–C) groups is 1. The third kappa shape index (κ3) is 7.97. The molecule has 1 atom stereocenters. The zero-order valence-electron chi connectivity index (χ0n) is 16.4. The van der Waals surface area contributed by atoms with Crippen molar-refractivity contribution in [1.29, 1.82) is 0 Å². The number of likely N-dealkylation sites (N-methyl/N-ethyl adjacent to an activating group) is 1. The number of hydrogen-bond donors (Lipinski definition) is 1. The molecule has 6 nitrogen and oxygen atoms in total. The van der Waals surface area contributed by atoms with E-state index in [1.807, 2.05) is 7.05 Å². The predicted octanol–water partition coefficient (Wildman–Crippen LogP) is 2.18. The average molecular weight is 468 g/mol. The largest absolute Gasteiger partial charge is 0.385 e. The van der Waals surface area contributed by atoms with Gasteiger partial charge in [-0.1, -0.05) is 0 Å². The van der Waals surface area contributed by atoms with Crippen LogP contribution in [0.15, 0.2) is 4.99 Å². The number of nitrogens with zero attached hydrogens (tertiary/aromatic N) is 3. The number of rotatable bonds is 9. The van der Waals surface area contributed by atoms with E-state index in [1.54, 1.807) is 7.11 Å². The maximum absolute atomic E-state index is 5.94. The van der Waals surface area contributed by atoms with Gasteiger partial charge in [0, 0.05) is 59.1 Å². The lowest BCUT2D eigenvalue weighted by atomic mass is 10.1. The Hall–Kier alpha value is -0.120. The fourth-order valence-corrected chi connectivity index (χ4v) is 3.24. The van der Waals surface area contributed by atoms with Crippen LogP contribution in [0.2, 0.25) is 0 Å². The second-order valence-corrected chi connectivity index (χ2v) is 7.08. The third-order valence-corrected chi connectivity index (χ3v) is 5.17. The Kier molecular flexibility index (Phi) is 11.3.